The molecule has 3 aromatic carbocycles. The van der Waals surface area contributed by atoms with Crippen LogP contribution in [0.15, 0.2) is 82.8 Å². The van der Waals surface area contributed by atoms with E-state index >= 15 is 0 Å². The number of hydrogen-bond donors (Lipinski definition) is 1. The quantitative estimate of drug-likeness (QED) is 0.219. The van der Waals surface area contributed by atoms with Gasteiger partial charge in [-0.1, -0.05) is 24.3 Å². The highest BCUT2D eigenvalue weighted by Crippen LogP contribution is 2.30. The number of non-ortho nitro benzene ring substituents is 1. The number of carbonyl (C=O) groups excluding carboxylic acids is 1. The maximum absolute atomic E-state index is 12.5. The van der Waals surface area contributed by atoms with Crippen LogP contribution < -0.4 is 14.3 Å². The van der Waals surface area contributed by atoms with E-state index in [1.807, 2.05) is 0 Å². The summed E-state index contributed by atoms with van der Waals surface area (Å²) in [6.07, 6.45) is 1.31. The van der Waals surface area contributed by atoms with Gasteiger partial charge in [0.05, 0.1) is 17.7 Å². The summed E-state index contributed by atoms with van der Waals surface area (Å²) in [5.41, 5.74) is 2.63. The topological polar surface area (TPSA) is 137 Å². The Balaban J connectivity index is 1.75. The van der Waals surface area contributed by atoms with E-state index in [-0.39, 0.29) is 34.3 Å². The smallest absolute Gasteiger partial charge is 0.339 e. The molecule has 1 N–H and O–H groups in total. The molecule has 0 radical (unpaired) electrons. The highest BCUT2D eigenvalue weighted by Gasteiger charge is 2.19. The number of carbonyl (C=O) groups is 1. The first kappa shape index (κ1) is 23.4. The van der Waals surface area contributed by atoms with Gasteiger partial charge in [-0.2, -0.15) is 13.5 Å². The van der Waals surface area contributed by atoms with Gasteiger partial charge >= 0.3 is 10.1 Å². The molecular formula is C22H19N3O7S. The van der Waals surface area contributed by atoms with Crippen molar-refractivity contribution >= 4 is 27.9 Å². The van der Waals surface area contributed by atoms with Crippen molar-refractivity contribution in [1.29, 1.82) is 0 Å². The minimum Gasteiger partial charge on any atom is -0.490 e. The van der Waals surface area contributed by atoms with Gasteiger partial charge in [0.1, 0.15) is 4.90 Å². The Hall–Kier alpha value is -4.25. The van der Waals surface area contributed by atoms with Crippen molar-refractivity contribution in [3.8, 4) is 11.5 Å². The summed E-state index contributed by atoms with van der Waals surface area (Å²) in [6.45, 7) is 1.99. The van der Waals surface area contributed by atoms with Gasteiger partial charge in [-0.05, 0) is 48.9 Å². The Morgan fingerprint density at radius 3 is 2.52 bits per heavy atom. The van der Waals surface area contributed by atoms with Crippen molar-refractivity contribution < 1.29 is 27.1 Å². The molecule has 0 aliphatic rings. The summed E-state index contributed by atoms with van der Waals surface area (Å²) >= 11 is 0. The van der Waals surface area contributed by atoms with Crippen molar-refractivity contribution in [2.24, 2.45) is 5.10 Å². The zero-order valence-electron chi connectivity index (χ0n) is 17.4. The molecule has 1 amide bonds. The van der Waals surface area contributed by atoms with Crippen LogP contribution in [0.2, 0.25) is 0 Å². The van der Waals surface area contributed by atoms with Crippen molar-refractivity contribution in [2.75, 3.05) is 6.61 Å². The summed E-state index contributed by atoms with van der Waals surface area (Å²) in [5, 5.41) is 14.7. The summed E-state index contributed by atoms with van der Waals surface area (Å²) in [6, 6.07) is 17.4. The van der Waals surface area contributed by atoms with Crippen LogP contribution in [0.4, 0.5) is 5.69 Å². The number of nitro benzene ring substituents is 1. The van der Waals surface area contributed by atoms with Gasteiger partial charge in [-0.15, -0.1) is 0 Å². The average Bonchev–Trinajstić information content (AvgIpc) is 2.81. The summed E-state index contributed by atoms with van der Waals surface area (Å²) < 4.78 is 35.7. The molecule has 0 spiro atoms. The molecule has 170 valence electrons. The van der Waals surface area contributed by atoms with Gasteiger partial charge < -0.3 is 8.92 Å². The highest BCUT2D eigenvalue weighted by molar-refractivity contribution is 7.87. The maximum atomic E-state index is 12.5. The lowest BCUT2D eigenvalue weighted by Crippen LogP contribution is -2.17. The molecule has 0 saturated heterocycles. The third kappa shape index (κ3) is 6.14. The SMILES string of the molecule is CCOc1cc(C=NNC(=O)c2cccc([N+](=O)[O-])c2)ccc1OS(=O)(=O)c1ccccc1. The van der Waals surface area contributed by atoms with Gasteiger partial charge in [0, 0.05) is 17.7 Å². The van der Waals surface area contributed by atoms with Crippen molar-refractivity contribution in [1.82, 2.24) is 5.43 Å². The molecule has 11 heteroatoms. The molecule has 0 aliphatic carbocycles. The molecule has 3 aromatic rings. The summed E-state index contributed by atoms with van der Waals surface area (Å²) in [7, 11) is -4.05. The molecule has 0 heterocycles. The summed E-state index contributed by atoms with van der Waals surface area (Å²) in [5.74, 6) is -0.460. The zero-order valence-corrected chi connectivity index (χ0v) is 18.2. The van der Waals surface area contributed by atoms with Crippen molar-refractivity contribution in [3.63, 3.8) is 0 Å². The normalized spacial score (nSPS) is 11.2. The van der Waals surface area contributed by atoms with Crippen LogP contribution in [0.1, 0.15) is 22.8 Å². The predicted molar refractivity (Wildman–Crippen MR) is 120 cm³/mol. The number of nitro groups is 1. The third-order valence-electron chi connectivity index (χ3n) is 4.20. The van der Waals surface area contributed by atoms with E-state index in [0.717, 1.165) is 6.07 Å². The molecule has 3 rings (SSSR count). The van der Waals surface area contributed by atoms with E-state index in [9.17, 15) is 23.3 Å². The highest BCUT2D eigenvalue weighted by atomic mass is 32.2. The zero-order chi connectivity index (χ0) is 23.8. The molecule has 0 aromatic heterocycles. The Morgan fingerprint density at radius 2 is 1.82 bits per heavy atom. The number of amides is 1. The van der Waals surface area contributed by atoms with Crippen LogP contribution in [0.5, 0.6) is 11.5 Å². The molecular weight excluding hydrogens is 450 g/mol. The number of hydrazone groups is 1. The van der Waals surface area contributed by atoms with Crippen LogP contribution >= 0.6 is 0 Å². The first-order chi connectivity index (χ1) is 15.8. The van der Waals surface area contributed by atoms with Gasteiger partial charge in [0.25, 0.3) is 11.6 Å². The predicted octanol–water partition coefficient (Wildman–Crippen LogP) is 3.53. The van der Waals surface area contributed by atoms with Crippen molar-refractivity contribution in [2.45, 2.75) is 11.8 Å². The van der Waals surface area contributed by atoms with Crippen molar-refractivity contribution in [3.05, 3.63) is 94.0 Å². The molecule has 0 saturated carbocycles. The van der Waals surface area contributed by atoms with E-state index in [4.69, 9.17) is 8.92 Å². The molecule has 0 atom stereocenters. The molecule has 0 fully saturated rings. The first-order valence-electron chi connectivity index (χ1n) is 9.64. The van der Waals surface area contributed by atoms with E-state index < -0.39 is 20.9 Å². The number of ether oxygens (including phenoxy) is 1. The number of hydrogen-bond acceptors (Lipinski definition) is 8. The Kier molecular flexibility index (Phi) is 7.36. The number of rotatable bonds is 9. The Labute approximate surface area is 189 Å². The average molecular weight is 469 g/mol. The number of nitrogens with one attached hydrogen (secondary N) is 1. The molecule has 33 heavy (non-hydrogen) atoms. The molecule has 10 nitrogen and oxygen atoms in total. The van der Waals surface area contributed by atoms with Crippen LogP contribution in [0.3, 0.4) is 0 Å². The maximum Gasteiger partial charge on any atom is 0.339 e. The second-order valence-corrected chi connectivity index (χ2v) is 8.04. The van der Waals surface area contributed by atoms with Crippen LogP contribution in [-0.4, -0.2) is 32.1 Å². The molecule has 0 aliphatic heterocycles. The number of nitrogens with zero attached hydrogens (tertiary/aromatic N) is 2. The lowest BCUT2D eigenvalue weighted by molar-refractivity contribution is -0.384. The first-order valence-corrected chi connectivity index (χ1v) is 11.0. The minimum atomic E-state index is -4.05. The fraction of sp³-hybridized carbons (Fsp3) is 0.0909. The third-order valence-corrected chi connectivity index (χ3v) is 5.45. The van der Waals surface area contributed by atoms with Gasteiger partial charge in [-0.3, -0.25) is 14.9 Å². The fourth-order valence-corrected chi connectivity index (χ4v) is 3.65. The summed E-state index contributed by atoms with van der Waals surface area (Å²) in [4.78, 5) is 22.4. The van der Waals surface area contributed by atoms with E-state index in [1.54, 1.807) is 25.1 Å². The second-order valence-electron chi connectivity index (χ2n) is 6.50. The lowest BCUT2D eigenvalue weighted by Gasteiger charge is -2.12. The fourth-order valence-electron chi connectivity index (χ4n) is 2.69. The minimum absolute atomic E-state index is 0.00140. The van der Waals surface area contributed by atoms with Gasteiger partial charge in [0.2, 0.25) is 0 Å². The van der Waals surface area contributed by atoms with Crippen LogP contribution in [0.25, 0.3) is 0 Å². The van der Waals surface area contributed by atoms with E-state index in [0.29, 0.717) is 5.56 Å². The molecule has 0 bridgehead atoms. The Morgan fingerprint density at radius 1 is 1.06 bits per heavy atom. The van der Waals surface area contributed by atoms with Crippen LogP contribution in [0, 0.1) is 10.1 Å². The number of benzene rings is 3. The van der Waals surface area contributed by atoms with Crippen LogP contribution in [-0.2, 0) is 10.1 Å². The standard InChI is InChI=1S/C22H19N3O7S/c1-2-31-21-13-16(11-12-20(21)32-33(29,30)19-9-4-3-5-10-19)15-23-24-22(26)17-7-6-8-18(14-17)25(27)28/h3-15H,2H2,1H3,(H,24,26). The van der Waals surface area contributed by atoms with Gasteiger partial charge in [-0.25, -0.2) is 5.43 Å². The van der Waals surface area contributed by atoms with E-state index in [1.165, 1.54) is 54.7 Å². The monoisotopic (exact) mass is 469 g/mol. The molecule has 0 unspecified atom stereocenters. The lowest BCUT2D eigenvalue weighted by atomic mass is 10.2. The largest absolute Gasteiger partial charge is 0.490 e. The van der Waals surface area contributed by atoms with E-state index in [2.05, 4.69) is 10.5 Å². The Bertz CT molecular complexity index is 1290. The second kappa shape index (κ2) is 10.4. The van der Waals surface area contributed by atoms with Gasteiger partial charge in [0.15, 0.2) is 11.5 Å².